The number of rotatable bonds is 4. The lowest BCUT2D eigenvalue weighted by atomic mass is 10.2. The van der Waals surface area contributed by atoms with Crippen LogP contribution in [0.1, 0.15) is 12.5 Å². The minimum atomic E-state index is 0.698. The Hall–Kier alpha value is -1.06. The van der Waals surface area contributed by atoms with E-state index in [1.165, 1.54) is 5.56 Å². The second-order valence-corrected chi connectivity index (χ2v) is 2.57. The van der Waals surface area contributed by atoms with Crippen LogP contribution in [0.5, 0.6) is 0 Å². The first-order valence-corrected chi connectivity index (χ1v) is 4.13. The van der Waals surface area contributed by atoms with Crippen LogP contribution in [0.25, 0.3) is 0 Å². The molecule has 1 aromatic rings. The van der Waals surface area contributed by atoms with Crippen molar-refractivity contribution < 1.29 is 0 Å². The maximum atomic E-state index is 5.25. The third kappa shape index (κ3) is 2.22. The molecule has 0 radical (unpaired) electrons. The van der Waals surface area contributed by atoms with E-state index in [1.807, 2.05) is 12.1 Å². The lowest BCUT2D eigenvalue weighted by Gasteiger charge is -2.09. The lowest BCUT2D eigenvalue weighted by molar-refractivity contribution is 0.742. The molecule has 0 aromatic heterocycles. The van der Waals surface area contributed by atoms with Gasteiger partial charge in [-0.25, -0.2) is 0 Å². The van der Waals surface area contributed by atoms with Gasteiger partial charge in [-0.3, -0.25) is 11.3 Å². The summed E-state index contributed by atoms with van der Waals surface area (Å²) >= 11 is 0. The molecule has 3 heteroatoms. The Kier molecular flexibility index (Phi) is 3.57. The topological polar surface area (TPSA) is 50.1 Å². The largest absolute Gasteiger partial charge is 0.385 e. The van der Waals surface area contributed by atoms with Gasteiger partial charge in [0.15, 0.2) is 0 Å². The summed E-state index contributed by atoms with van der Waals surface area (Å²) in [5, 5.41) is 3.27. The summed E-state index contributed by atoms with van der Waals surface area (Å²) in [5.74, 6) is 5.25. The number of hydrazine groups is 1. The molecular formula is C9H15N3. The third-order valence-corrected chi connectivity index (χ3v) is 1.68. The Morgan fingerprint density at radius 3 is 2.75 bits per heavy atom. The van der Waals surface area contributed by atoms with Crippen molar-refractivity contribution in [2.75, 3.05) is 11.9 Å². The average molecular weight is 165 g/mol. The van der Waals surface area contributed by atoms with E-state index in [0.717, 1.165) is 12.2 Å². The number of anilines is 1. The molecule has 0 bridgehead atoms. The summed E-state index contributed by atoms with van der Waals surface area (Å²) in [5.41, 5.74) is 4.99. The van der Waals surface area contributed by atoms with Crippen LogP contribution in [-0.2, 0) is 6.54 Å². The zero-order valence-corrected chi connectivity index (χ0v) is 7.30. The van der Waals surface area contributed by atoms with E-state index < -0.39 is 0 Å². The number of hydrogen-bond acceptors (Lipinski definition) is 3. The van der Waals surface area contributed by atoms with Crippen LogP contribution in [0.4, 0.5) is 5.69 Å². The Balaban J connectivity index is 2.77. The van der Waals surface area contributed by atoms with Crippen molar-refractivity contribution in [1.82, 2.24) is 5.43 Å². The smallest absolute Gasteiger partial charge is 0.0386 e. The SMILES string of the molecule is CCNc1ccccc1CNN. The summed E-state index contributed by atoms with van der Waals surface area (Å²) in [6.45, 7) is 3.71. The van der Waals surface area contributed by atoms with E-state index in [0.29, 0.717) is 6.54 Å². The molecule has 3 nitrogen and oxygen atoms in total. The molecular weight excluding hydrogens is 150 g/mol. The monoisotopic (exact) mass is 165 g/mol. The highest BCUT2D eigenvalue weighted by Crippen LogP contribution is 2.13. The normalized spacial score (nSPS) is 9.83. The van der Waals surface area contributed by atoms with E-state index in [1.54, 1.807) is 0 Å². The van der Waals surface area contributed by atoms with E-state index in [-0.39, 0.29) is 0 Å². The molecule has 0 heterocycles. The first kappa shape index (κ1) is 9.03. The number of para-hydroxylation sites is 1. The maximum absolute atomic E-state index is 5.25. The van der Waals surface area contributed by atoms with Crippen molar-refractivity contribution in [2.24, 2.45) is 5.84 Å². The summed E-state index contributed by atoms with van der Waals surface area (Å²) in [6, 6.07) is 8.12. The highest BCUT2D eigenvalue weighted by Gasteiger charge is 1.97. The van der Waals surface area contributed by atoms with Gasteiger partial charge in [-0.1, -0.05) is 18.2 Å². The van der Waals surface area contributed by atoms with Crippen molar-refractivity contribution in [2.45, 2.75) is 13.5 Å². The van der Waals surface area contributed by atoms with Crippen LogP contribution in [0.3, 0.4) is 0 Å². The van der Waals surface area contributed by atoms with E-state index in [2.05, 4.69) is 29.8 Å². The number of benzene rings is 1. The van der Waals surface area contributed by atoms with Gasteiger partial charge in [0, 0.05) is 18.8 Å². The van der Waals surface area contributed by atoms with Crippen molar-refractivity contribution >= 4 is 5.69 Å². The summed E-state index contributed by atoms with van der Waals surface area (Å²) in [6.07, 6.45) is 0. The molecule has 0 spiro atoms. The Labute approximate surface area is 72.9 Å². The fourth-order valence-corrected chi connectivity index (χ4v) is 1.15. The van der Waals surface area contributed by atoms with Gasteiger partial charge in [-0.05, 0) is 18.6 Å². The molecule has 0 saturated heterocycles. The first-order valence-electron chi connectivity index (χ1n) is 4.13. The zero-order chi connectivity index (χ0) is 8.81. The fourth-order valence-electron chi connectivity index (χ4n) is 1.15. The predicted molar refractivity (Wildman–Crippen MR) is 51.6 cm³/mol. The highest BCUT2D eigenvalue weighted by atomic mass is 15.2. The maximum Gasteiger partial charge on any atom is 0.0386 e. The molecule has 0 amide bonds. The predicted octanol–water partition coefficient (Wildman–Crippen LogP) is 1.08. The minimum absolute atomic E-state index is 0.698. The third-order valence-electron chi connectivity index (χ3n) is 1.68. The Morgan fingerprint density at radius 2 is 2.08 bits per heavy atom. The molecule has 0 atom stereocenters. The molecule has 0 aliphatic rings. The molecule has 0 fully saturated rings. The van der Waals surface area contributed by atoms with Gasteiger partial charge in [0.25, 0.3) is 0 Å². The van der Waals surface area contributed by atoms with Gasteiger partial charge in [-0.2, -0.15) is 0 Å². The van der Waals surface area contributed by atoms with Crippen LogP contribution in [-0.4, -0.2) is 6.54 Å². The molecule has 1 rings (SSSR count). The minimum Gasteiger partial charge on any atom is -0.385 e. The van der Waals surface area contributed by atoms with Crippen molar-refractivity contribution in [1.29, 1.82) is 0 Å². The Morgan fingerprint density at radius 1 is 1.33 bits per heavy atom. The second kappa shape index (κ2) is 4.74. The van der Waals surface area contributed by atoms with Gasteiger partial charge >= 0.3 is 0 Å². The fraction of sp³-hybridized carbons (Fsp3) is 0.333. The van der Waals surface area contributed by atoms with Gasteiger partial charge in [0.2, 0.25) is 0 Å². The number of nitrogens with one attached hydrogen (secondary N) is 2. The molecule has 0 aliphatic heterocycles. The number of hydrogen-bond donors (Lipinski definition) is 3. The number of nitrogens with two attached hydrogens (primary N) is 1. The summed E-state index contributed by atoms with van der Waals surface area (Å²) in [7, 11) is 0. The van der Waals surface area contributed by atoms with Crippen LogP contribution < -0.4 is 16.6 Å². The first-order chi connectivity index (χ1) is 5.88. The highest BCUT2D eigenvalue weighted by molar-refractivity contribution is 5.50. The van der Waals surface area contributed by atoms with Gasteiger partial charge in [0.05, 0.1) is 0 Å². The van der Waals surface area contributed by atoms with Crippen LogP contribution in [0.2, 0.25) is 0 Å². The summed E-state index contributed by atoms with van der Waals surface area (Å²) < 4.78 is 0. The lowest BCUT2D eigenvalue weighted by Crippen LogP contribution is -2.21. The average Bonchev–Trinajstić information content (AvgIpc) is 2.09. The van der Waals surface area contributed by atoms with E-state index >= 15 is 0 Å². The Bertz CT molecular complexity index is 210. The van der Waals surface area contributed by atoms with Gasteiger partial charge < -0.3 is 5.32 Å². The van der Waals surface area contributed by atoms with Crippen molar-refractivity contribution in [3.05, 3.63) is 29.8 Å². The van der Waals surface area contributed by atoms with E-state index in [9.17, 15) is 0 Å². The molecule has 66 valence electrons. The standard InChI is InChI=1S/C9H15N3/c1-2-11-9-6-4-3-5-8(9)7-12-10/h3-6,11-12H,2,7,10H2,1H3. The van der Waals surface area contributed by atoms with Crippen LogP contribution in [0, 0.1) is 0 Å². The molecule has 0 saturated carbocycles. The second-order valence-electron chi connectivity index (χ2n) is 2.57. The zero-order valence-electron chi connectivity index (χ0n) is 7.30. The van der Waals surface area contributed by atoms with Crippen LogP contribution >= 0.6 is 0 Å². The molecule has 0 aliphatic carbocycles. The van der Waals surface area contributed by atoms with E-state index in [4.69, 9.17) is 5.84 Å². The van der Waals surface area contributed by atoms with Crippen molar-refractivity contribution in [3.8, 4) is 0 Å². The molecule has 0 unspecified atom stereocenters. The molecule has 12 heavy (non-hydrogen) atoms. The molecule has 4 N–H and O–H groups in total. The van der Waals surface area contributed by atoms with Crippen LogP contribution in [0.15, 0.2) is 24.3 Å². The van der Waals surface area contributed by atoms with Gasteiger partial charge in [0.1, 0.15) is 0 Å². The molecule has 1 aromatic carbocycles. The van der Waals surface area contributed by atoms with Gasteiger partial charge in [-0.15, -0.1) is 0 Å². The summed E-state index contributed by atoms with van der Waals surface area (Å²) in [4.78, 5) is 0. The van der Waals surface area contributed by atoms with Crippen molar-refractivity contribution in [3.63, 3.8) is 0 Å². The quantitative estimate of drug-likeness (QED) is 0.462.